The van der Waals surface area contributed by atoms with Gasteiger partial charge in [0.1, 0.15) is 0 Å². The number of aliphatic imine (C=N–C) groups is 1. The van der Waals surface area contributed by atoms with Crippen LogP contribution in [0.4, 0.5) is 0 Å². The highest BCUT2D eigenvalue weighted by Gasteiger charge is 2.18. The summed E-state index contributed by atoms with van der Waals surface area (Å²) in [6.07, 6.45) is 0. The molecule has 8 heteroatoms. The molecule has 0 amide bonds. The lowest BCUT2D eigenvalue weighted by Crippen LogP contribution is -2.47. The summed E-state index contributed by atoms with van der Waals surface area (Å²) in [5.74, 6) is 0.685. The van der Waals surface area contributed by atoms with Gasteiger partial charge in [-0.2, -0.15) is 0 Å². The molecular formula is C13H31IN4O2S. The largest absolute Gasteiger partial charge is 0.357 e. The van der Waals surface area contributed by atoms with Gasteiger partial charge in [0.2, 0.25) is 10.0 Å². The van der Waals surface area contributed by atoms with Gasteiger partial charge in [0.05, 0.1) is 12.3 Å². The van der Waals surface area contributed by atoms with Crippen LogP contribution in [0.5, 0.6) is 0 Å². The Morgan fingerprint density at radius 2 is 1.67 bits per heavy atom. The number of nitrogens with one attached hydrogen (secondary N) is 2. The second-order valence-corrected chi connectivity index (χ2v) is 7.62. The average molecular weight is 434 g/mol. The molecule has 0 atom stereocenters. The van der Waals surface area contributed by atoms with Crippen LogP contribution in [0.2, 0.25) is 0 Å². The molecule has 0 saturated heterocycles. The zero-order valence-electron chi connectivity index (χ0n) is 14.1. The van der Waals surface area contributed by atoms with E-state index in [0.717, 1.165) is 6.54 Å². The van der Waals surface area contributed by atoms with E-state index in [4.69, 9.17) is 0 Å². The Bertz CT molecular complexity index is 401. The Balaban J connectivity index is 0. The number of nitrogens with zero attached hydrogens (tertiary/aromatic N) is 2. The van der Waals surface area contributed by atoms with Crippen molar-refractivity contribution in [2.24, 2.45) is 4.99 Å². The van der Waals surface area contributed by atoms with Crippen molar-refractivity contribution >= 4 is 40.0 Å². The third-order valence-corrected chi connectivity index (χ3v) is 4.56. The fraction of sp³-hybridized carbons (Fsp3) is 0.923. The molecule has 0 aromatic rings. The Morgan fingerprint density at radius 1 is 1.14 bits per heavy atom. The van der Waals surface area contributed by atoms with Gasteiger partial charge in [-0.1, -0.05) is 13.8 Å². The number of hydrogen-bond acceptors (Lipinski definition) is 3. The molecule has 0 radical (unpaired) electrons. The molecule has 0 unspecified atom stereocenters. The van der Waals surface area contributed by atoms with Crippen LogP contribution in [0.25, 0.3) is 0 Å². The van der Waals surface area contributed by atoms with Crippen LogP contribution in [0.3, 0.4) is 0 Å². The van der Waals surface area contributed by atoms with E-state index < -0.39 is 10.0 Å². The van der Waals surface area contributed by atoms with E-state index in [-0.39, 0.29) is 41.8 Å². The molecule has 128 valence electrons. The van der Waals surface area contributed by atoms with E-state index in [2.05, 4.69) is 15.6 Å². The van der Waals surface area contributed by atoms with Gasteiger partial charge in [-0.3, -0.25) is 4.99 Å². The predicted octanol–water partition coefficient (Wildman–Crippen LogP) is 1.63. The maximum Gasteiger partial charge on any atom is 0.215 e. The molecule has 6 nitrogen and oxygen atoms in total. The van der Waals surface area contributed by atoms with Crippen LogP contribution >= 0.6 is 24.0 Å². The van der Waals surface area contributed by atoms with Crippen LogP contribution in [-0.4, -0.2) is 56.2 Å². The number of sulfonamides is 1. The quantitative estimate of drug-likeness (QED) is 0.363. The molecule has 0 aromatic carbocycles. The first-order valence-corrected chi connectivity index (χ1v) is 8.81. The molecule has 0 bridgehead atoms. The van der Waals surface area contributed by atoms with Crippen molar-refractivity contribution < 1.29 is 8.42 Å². The Hall–Kier alpha value is -0.0900. The maximum absolute atomic E-state index is 12.0. The zero-order chi connectivity index (χ0) is 15.8. The van der Waals surface area contributed by atoms with Crippen molar-refractivity contribution in [3.63, 3.8) is 0 Å². The molecule has 2 N–H and O–H groups in total. The van der Waals surface area contributed by atoms with Crippen molar-refractivity contribution in [1.82, 2.24) is 14.9 Å². The van der Waals surface area contributed by atoms with Crippen molar-refractivity contribution in [2.45, 2.75) is 47.1 Å². The van der Waals surface area contributed by atoms with Gasteiger partial charge in [0, 0.05) is 25.2 Å². The molecule has 0 heterocycles. The minimum absolute atomic E-state index is 0. The van der Waals surface area contributed by atoms with E-state index in [1.807, 2.05) is 41.5 Å². The van der Waals surface area contributed by atoms with E-state index in [1.54, 1.807) is 0 Å². The predicted molar refractivity (Wildman–Crippen MR) is 101 cm³/mol. The van der Waals surface area contributed by atoms with E-state index in [1.165, 1.54) is 4.31 Å². The highest BCUT2D eigenvalue weighted by molar-refractivity contribution is 14.0. The average Bonchev–Trinajstić information content (AvgIpc) is 2.27. The molecular weight excluding hydrogens is 403 g/mol. The Labute approximate surface area is 147 Å². The number of halogens is 1. The smallest absolute Gasteiger partial charge is 0.215 e. The van der Waals surface area contributed by atoms with Gasteiger partial charge in [-0.25, -0.2) is 12.7 Å². The summed E-state index contributed by atoms with van der Waals surface area (Å²) in [4.78, 5) is 4.32. The number of guanidine groups is 1. The van der Waals surface area contributed by atoms with Crippen molar-refractivity contribution in [3.8, 4) is 0 Å². The molecule has 0 spiro atoms. The van der Waals surface area contributed by atoms with Crippen LogP contribution in [0, 0.1) is 0 Å². The first-order chi connectivity index (χ1) is 9.16. The molecule has 0 aliphatic rings. The van der Waals surface area contributed by atoms with Gasteiger partial charge in [-0.05, 0) is 27.7 Å². The normalized spacial score (nSPS) is 13.0. The molecule has 0 saturated carbocycles. The first-order valence-electron chi connectivity index (χ1n) is 7.20. The summed E-state index contributed by atoms with van der Waals surface area (Å²) < 4.78 is 25.5. The van der Waals surface area contributed by atoms with Crippen LogP contribution in [0.1, 0.15) is 41.5 Å². The Morgan fingerprint density at radius 3 is 2.05 bits per heavy atom. The third-order valence-electron chi connectivity index (χ3n) is 2.56. The number of rotatable bonds is 7. The van der Waals surface area contributed by atoms with E-state index in [0.29, 0.717) is 19.0 Å². The van der Waals surface area contributed by atoms with E-state index >= 15 is 0 Å². The molecule has 0 fully saturated rings. The van der Waals surface area contributed by atoms with Gasteiger partial charge < -0.3 is 10.6 Å². The molecule has 0 aliphatic carbocycles. The van der Waals surface area contributed by atoms with Gasteiger partial charge in [-0.15, -0.1) is 24.0 Å². The SMILES string of the molecule is CCNC(=NCCS(=O)(=O)N(CC)CC)NC(C)(C)C.I. The fourth-order valence-corrected chi connectivity index (χ4v) is 3.05. The summed E-state index contributed by atoms with van der Waals surface area (Å²) in [5.41, 5.74) is -0.112. The summed E-state index contributed by atoms with van der Waals surface area (Å²) in [5, 5.41) is 6.34. The van der Waals surface area contributed by atoms with Crippen molar-refractivity contribution in [3.05, 3.63) is 0 Å². The highest BCUT2D eigenvalue weighted by Crippen LogP contribution is 2.01. The third kappa shape index (κ3) is 10.3. The van der Waals surface area contributed by atoms with Crippen LogP contribution < -0.4 is 10.6 Å². The first kappa shape index (κ1) is 23.2. The standard InChI is InChI=1S/C13H30N4O2S.HI/c1-7-14-12(16-13(4,5)6)15-10-11-20(18,19)17(8-2)9-3;/h7-11H2,1-6H3,(H2,14,15,16);1H. The second-order valence-electron chi connectivity index (χ2n) is 5.54. The Kier molecular flexibility index (Phi) is 11.7. The van der Waals surface area contributed by atoms with Crippen molar-refractivity contribution in [2.75, 3.05) is 31.9 Å². The van der Waals surface area contributed by atoms with Crippen LogP contribution in [0.15, 0.2) is 4.99 Å². The van der Waals surface area contributed by atoms with Gasteiger partial charge in [0.15, 0.2) is 5.96 Å². The topological polar surface area (TPSA) is 73.8 Å². The second kappa shape index (κ2) is 10.6. The van der Waals surface area contributed by atoms with Crippen molar-refractivity contribution in [1.29, 1.82) is 0 Å². The van der Waals surface area contributed by atoms with Crippen LogP contribution in [-0.2, 0) is 10.0 Å². The molecule has 0 aromatic heterocycles. The highest BCUT2D eigenvalue weighted by atomic mass is 127. The van der Waals surface area contributed by atoms with E-state index in [9.17, 15) is 8.42 Å². The lowest BCUT2D eigenvalue weighted by atomic mass is 10.1. The minimum Gasteiger partial charge on any atom is -0.357 e. The maximum atomic E-state index is 12.0. The van der Waals surface area contributed by atoms with Gasteiger partial charge >= 0.3 is 0 Å². The minimum atomic E-state index is -3.21. The lowest BCUT2D eigenvalue weighted by molar-refractivity contribution is 0.445. The summed E-state index contributed by atoms with van der Waals surface area (Å²) >= 11 is 0. The molecule has 0 aliphatic heterocycles. The lowest BCUT2D eigenvalue weighted by Gasteiger charge is -2.24. The van der Waals surface area contributed by atoms with Gasteiger partial charge in [0.25, 0.3) is 0 Å². The zero-order valence-corrected chi connectivity index (χ0v) is 17.2. The summed E-state index contributed by atoms with van der Waals surface area (Å²) in [6.45, 7) is 13.8. The number of hydrogen-bond donors (Lipinski definition) is 2. The molecule has 21 heavy (non-hydrogen) atoms. The fourth-order valence-electron chi connectivity index (χ4n) is 1.68. The summed E-state index contributed by atoms with van der Waals surface area (Å²) in [7, 11) is -3.21. The molecule has 0 rings (SSSR count). The monoisotopic (exact) mass is 434 g/mol. The summed E-state index contributed by atoms with van der Waals surface area (Å²) in [6, 6.07) is 0.